The summed E-state index contributed by atoms with van der Waals surface area (Å²) in [5.41, 5.74) is 0.801. The second kappa shape index (κ2) is 15.2. The first-order valence-corrected chi connectivity index (χ1v) is 13.7. The molecule has 0 saturated carbocycles. The van der Waals surface area contributed by atoms with Gasteiger partial charge in [-0.3, -0.25) is 24.0 Å². The molecule has 1 aromatic rings. The van der Waals surface area contributed by atoms with E-state index in [1.165, 1.54) is 20.8 Å². The number of hydrogen-bond acceptors (Lipinski definition) is 14. The molecule has 1 aromatic carbocycles. The minimum Gasteiger partial charge on any atom is -0.460 e. The molecule has 2 aliphatic heterocycles. The molecule has 14 nitrogen and oxygen atoms in total. The predicted molar refractivity (Wildman–Crippen MR) is 143 cm³/mol. The average Bonchev–Trinajstić information content (AvgIpc) is 3.22. The van der Waals surface area contributed by atoms with Gasteiger partial charge < -0.3 is 42.6 Å². The monoisotopic (exact) mass is 610 g/mol. The molecule has 0 N–H and O–H groups in total. The Hall–Kier alpha value is -3.59. The van der Waals surface area contributed by atoms with Gasteiger partial charge in [0.25, 0.3) is 0 Å². The molecule has 238 valence electrons. The molecule has 43 heavy (non-hydrogen) atoms. The zero-order chi connectivity index (χ0) is 31.8. The number of hydrogen-bond donors (Lipinski definition) is 0. The maximum atomic E-state index is 12.2. The summed E-state index contributed by atoms with van der Waals surface area (Å²) in [6.07, 6.45) is -11.8. The Morgan fingerprint density at radius 2 is 1.23 bits per heavy atom. The molecular weight excluding hydrogens is 572 g/mol. The van der Waals surface area contributed by atoms with Crippen LogP contribution in [0.1, 0.15) is 54.0 Å². The van der Waals surface area contributed by atoms with Crippen LogP contribution in [0, 0.1) is 0 Å². The fourth-order valence-corrected chi connectivity index (χ4v) is 4.95. The molecule has 2 fully saturated rings. The van der Waals surface area contributed by atoms with E-state index in [-0.39, 0.29) is 6.61 Å². The van der Waals surface area contributed by atoms with Crippen LogP contribution in [0.2, 0.25) is 0 Å². The lowest BCUT2D eigenvalue weighted by Gasteiger charge is -2.44. The van der Waals surface area contributed by atoms with Crippen LogP contribution in [0.15, 0.2) is 30.3 Å². The van der Waals surface area contributed by atoms with Crippen LogP contribution >= 0.6 is 0 Å². The standard InChI is InChI=1S/C29H38O14/c1-14(36-16(3)30)22-24(35-13-21-11-9-8-10-12-21)26(29(42-22)41-20(7)34)43-28-27(40-19(6)33)25(39-18(5)32)23(15(2)37-28)38-17(4)31/h8-12,14-15,22-29H,13H2,1-7H3/t14-,15+,22-,23-,24+,25-,26+,27+,28-,29+/m1/s1. The number of carbonyl (C=O) groups is 5. The molecule has 2 saturated heterocycles. The van der Waals surface area contributed by atoms with Crippen molar-refractivity contribution in [3.05, 3.63) is 35.9 Å². The number of benzene rings is 1. The van der Waals surface area contributed by atoms with E-state index in [0.717, 1.165) is 19.4 Å². The number of carbonyl (C=O) groups excluding carboxylic acids is 5. The largest absolute Gasteiger partial charge is 0.460 e. The van der Waals surface area contributed by atoms with Gasteiger partial charge in [0.2, 0.25) is 6.29 Å². The minimum absolute atomic E-state index is 0.0741. The highest BCUT2D eigenvalue weighted by molar-refractivity contribution is 5.68. The highest BCUT2D eigenvalue weighted by Gasteiger charge is 2.56. The molecule has 0 aromatic heterocycles. The van der Waals surface area contributed by atoms with E-state index in [0.29, 0.717) is 0 Å². The molecule has 0 amide bonds. The van der Waals surface area contributed by atoms with Crippen molar-refractivity contribution in [2.45, 2.75) is 116 Å². The van der Waals surface area contributed by atoms with E-state index in [2.05, 4.69) is 0 Å². The second-order valence-electron chi connectivity index (χ2n) is 10.2. The van der Waals surface area contributed by atoms with Crippen molar-refractivity contribution < 1.29 is 66.6 Å². The fraction of sp³-hybridized carbons (Fsp3) is 0.621. The Morgan fingerprint density at radius 1 is 0.674 bits per heavy atom. The summed E-state index contributed by atoms with van der Waals surface area (Å²) in [4.78, 5) is 59.9. The molecule has 10 atom stereocenters. The maximum Gasteiger partial charge on any atom is 0.305 e. The number of ether oxygens (including phenoxy) is 9. The van der Waals surface area contributed by atoms with Gasteiger partial charge in [0.05, 0.1) is 12.7 Å². The van der Waals surface area contributed by atoms with Crippen LogP contribution in [0.25, 0.3) is 0 Å². The Morgan fingerprint density at radius 3 is 1.79 bits per heavy atom. The summed E-state index contributed by atoms with van der Waals surface area (Å²) < 4.78 is 51.6. The van der Waals surface area contributed by atoms with Crippen molar-refractivity contribution in [2.75, 3.05) is 0 Å². The molecule has 2 aliphatic rings. The van der Waals surface area contributed by atoms with Crippen molar-refractivity contribution in [1.82, 2.24) is 0 Å². The van der Waals surface area contributed by atoms with Gasteiger partial charge in [-0.2, -0.15) is 0 Å². The molecular formula is C29H38O14. The Labute approximate surface area is 249 Å². The smallest absolute Gasteiger partial charge is 0.305 e. The first-order chi connectivity index (χ1) is 20.3. The van der Waals surface area contributed by atoms with Crippen LogP contribution in [0.4, 0.5) is 0 Å². The second-order valence-corrected chi connectivity index (χ2v) is 10.2. The summed E-state index contributed by atoms with van der Waals surface area (Å²) in [5.74, 6) is -3.48. The van der Waals surface area contributed by atoms with Crippen molar-refractivity contribution in [1.29, 1.82) is 0 Å². The first kappa shape index (κ1) is 33.9. The van der Waals surface area contributed by atoms with Crippen molar-refractivity contribution in [2.24, 2.45) is 0 Å². The normalized spacial score (nSPS) is 30.9. The summed E-state index contributed by atoms with van der Waals surface area (Å²) in [6.45, 7) is 9.05. The first-order valence-electron chi connectivity index (χ1n) is 13.7. The predicted octanol–water partition coefficient (Wildman–Crippen LogP) is 1.74. The zero-order valence-electron chi connectivity index (χ0n) is 25.1. The van der Waals surface area contributed by atoms with Gasteiger partial charge >= 0.3 is 29.8 Å². The third-order valence-electron chi connectivity index (χ3n) is 6.51. The molecule has 14 heteroatoms. The highest BCUT2D eigenvalue weighted by atomic mass is 16.8. The third-order valence-corrected chi connectivity index (χ3v) is 6.51. The van der Waals surface area contributed by atoms with Gasteiger partial charge in [-0.1, -0.05) is 30.3 Å². The lowest BCUT2D eigenvalue weighted by molar-refractivity contribution is -0.324. The minimum atomic E-state index is -1.45. The Bertz CT molecular complexity index is 1140. The van der Waals surface area contributed by atoms with Crippen molar-refractivity contribution in [3.8, 4) is 0 Å². The van der Waals surface area contributed by atoms with E-state index < -0.39 is 91.3 Å². The van der Waals surface area contributed by atoms with E-state index in [4.69, 9.17) is 42.6 Å². The molecule has 0 bridgehead atoms. The molecule has 2 heterocycles. The number of esters is 5. The third kappa shape index (κ3) is 9.45. The lowest BCUT2D eigenvalue weighted by Crippen LogP contribution is -2.62. The summed E-state index contributed by atoms with van der Waals surface area (Å²) in [6, 6.07) is 9.17. The van der Waals surface area contributed by atoms with Gasteiger partial charge in [0.1, 0.15) is 18.3 Å². The topological polar surface area (TPSA) is 168 Å². The van der Waals surface area contributed by atoms with Crippen LogP contribution in [0.3, 0.4) is 0 Å². The van der Waals surface area contributed by atoms with E-state index in [1.807, 2.05) is 30.3 Å². The van der Waals surface area contributed by atoms with Gasteiger partial charge in [0.15, 0.2) is 30.7 Å². The molecule has 0 aliphatic carbocycles. The van der Waals surface area contributed by atoms with Crippen LogP contribution < -0.4 is 0 Å². The van der Waals surface area contributed by atoms with Gasteiger partial charge in [-0.25, -0.2) is 0 Å². The summed E-state index contributed by atoms with van der Waals surface area (Å²) in [7, 11) is 0. The Balaban J connectivity index is 2.01. The average molecular weight is 611 g/mol. The van der Waals surface area contributed by atoms with Crippen LogP contribution in [0.5, 0.6) is 0 Å². The molecule has 0 radical (unpaired) electrons. The van der Waals surface area contributed by atoms with Gasteiger partial charge in [-0.15, -0.1) is 0 Å². The van der Waals surface area contributed by atoms with Crippen LogP contribution in [-0.4, -0.2) is 91.3 Å². The van der Waals surface area contributed by atoms with E-state index in [1.54, 1.807) is 13.8 Å². The van der Waals surface area contributed by atoms with E-state index >= 15 is 0 Å². The summed E-state index contributed by atoms with van der Waals surface area (Å²) in [5, 5.41) is 0. The van der Waals surface area contributed by atoms with Gasteiger partial charge in [-0.05, 0) is 19.4 Å². The van der Waals surface area contributed by atoms with Crippen LogP contribution in [-0.2, 0) is 73.2 Å². The zero-order valence-corrected chi connectivity index (χ0v) is 25.1. The highest BCUT2D eigenvalue weighted by Crippen LogP contribution is 2.36. The van der Waals surface area contributed by atoms with Crippen molar-refractivity contribution in [3.63, 3.8) is 0 Å². The Kier molecular flexibility index (Phi) is 12.0. The van der Waals surface area contributed by atoms with Crippen molar-refractivity contribution >= 4 is 29.8 Å². The number of rotatable bonds is 11. The molecule has 0 spiro atoms. The summed E-state index contributed by atoms with van der Waals surface area (Å²) >= 11 is 0. The van der Waals surface area contributed by atoms with E-state index in [9.17, 15) is 24.0 Å². The fourth-order valence-electron chi connectivity index (χ4n) is 4.95. The molecule has 0 unspecified atom stereocenters. The molecule has 3 rings (SSSR count). The SMILES string of the molecule is CC(=O)O[C@H]1O[C@H]([C@@H](C)OC(C)=O)[C@H](OCc2ccccc2)[C@@H]1O[C@H]1O[C@@H](C)[C@@H](OC(C)=O)[C@@H](OC(C)=O)[C@@H]1OC(C)=O. The van der Waals surface area contributed by atoms with Gasteiger partial charge in [0, 0.05) is 34.6 Å². The quantitative estimate of drug-likeness (QED) is 0.262. The lowest BCUT2D eigenvalue weighted by atomic mass is 9.98. The maximum absolute atomic E-state index is 12.2.